The Morgan fingerprint density at radius 2 is 1.97 bits per heavy atom. The first-order chi connectivity index (χ1) is 15.3. The van der Waals surface area contributed by atoms with Gasteiger partial charge in [0.15, 0.2) is 0 Å². The fourth-order valence-corrected chi connectivity index (χ4v) is 5.00. The minimum atomic E-state index is 0. The highest BCUT2D eigenvalue weighted by Crippen LogP contribution is 2.42. The third-order valence-corrected chi connectivity index (χ3v) is 6.44. The summed E-state index contributed by atoms with van der Waals surface area (Å²) in [6.07, 6.45) is 18.8. The second kappa shape index (κ2) is 10.3. The molecule has 2 aliphatic carbocycles. The van der Waals surface area contributed by atoms with Gasteiger partial charge in [-0.1, -0.05) is 42.5 Å². The largest absolute Gasteiger partial charge is 0.508 e. The second-order valence-corrected chi connectivity index (χ2v) is 8.43. The van der Waals surface area contributed by atoms with Crippen molar-refractivity contribution in [3.8, 4) is 5.75 Å². The van der Waals surface area contributed by atoms with Crippen molar-refractivity contribution < 1.29 is 5.11 Å². The number of hydrogen-bond donors (Lipinski definition) is 2. The van der Waals surface area contributed by atoms with Crippen molar-refractivity contribution in [2.24, 2.45) is 5.92 Å². The lowest BCUT2D eigenvalue weighted by molar-refractivity contribution is 0.0760. The van der Waals surface area contributed by atoms with Crippen molar-refractivity contribution in [3.05, 3.63) is 102 Å². The number of halogens is 1. The number of allylic oxidation sites excluding steroid dienone is 3. The van der Waals surface area contributed by atoms with Gasteiger partial charge in [0.05, 0.1) is 17.8 Å². The average Bonchev–Trinajstić information content (AvgIpc) is 3.35. The van der Waals surface area contributed by atoms with Crippen LogP contribution in [0.4, 0.5) is 0 Å². The molecule has 0 amide bonds. The number of pyridine rings is 1. The van der Waals surface area contributed by atoms with Crippen LogP contribution in [0.15, 0.2) is 79.3 Å². The van der Waals surface area contributed by atoms with Gasteiger partial charge in [-0.3, -0.25) is 9.88 Å². The number of aromatic amines is 1. The van der Waals surface area contributed by atoms with Gasteiger partial charge in [0.1, 0.15) is 11.6 Å². The molecule has 0 fully saturated rings. The lowest BCUT2D eigenvalue weighted by Gasteiger charge is -2.42. The molecule has 3 aromatic rings. The molecule has 0 spiro atoms. The molecule has 2 aromatic heterocycles. The standard InChI is InChI=1S/C26H28N4O.BrH/c31-22-13-11-19(12-14-22)18-30(23-10-4-8-20-9-5-15-27-24(20)23)25(26-28-16-17-29-26)21-6-2-1-3-7-21;/h1-3,5-6,9,11-17,21,23,25,31H,4,7-8,10,18H2,(H,28,29);1H. The zero-order valence-corrected chi connectivity index (χ0v) is 19.7. The van der Waals surface area contributed by atoms with Crippen LogP contribution in [0.5, 0.6) is 5.75 Å². The molecular formula is C26H29BrN4O. The molecule has 5 nitrogen and oxygen atoms in total. The highest BCUT2D eigenvalue weighted by Gasteiger charge is 2.37. The number of nitrogens with one attached hydrogen (secondary N) is 1. The van der Waals surface area contributed by atoms with E-state index < -0.39 is 0 Å². The molecule has 0 bridgehead atoms. The maximum Gasteiger partial charge on any atom is 0.124 e. The van der Waals surface area contributed by atoms with Gasteiger partial charge >= 0.3 is 0 Å². The number of aryl methyl sites for hydroxylation is 1. The Bertz CT molecular complexity index is 1060. The van der Waals surface area contributed by atoms with Crippen molar-refractivity contribution in [3.63, 3.8) is 0 Å². The van der Waals surface area contributed by atoms with Crippen molar-refractivity contribution >= 4 is 17.0 Å². The highest BCUT2D eigenvalue weighted by molar-refractivity contribution is 8.93. The Labute approximate surface area is 199 Å². The van der Waals surface area contributed by atoms with E-state index in [1.807, 2.05) is 36.8 Å². The van der Waals surface area contributed by atoms with Crippen LogP contribution in [0.1, 0.15) is 54.0 Å². The quantitative estimate of drug-likeness (QED) is 0.453. The van der Waals surface area contributed by atoms with E-state index in [9.17, 15) is 5.11 Å². The first-order valence-corrected chi connectivity index (χ1v) is 11.1. The topological polar surface area (TPSA) is 65.0 Å². The molecule has 0 saturated carbocycles. The number of fused-ring (bicyclic) bond motifs is 1. The minimum absolute atomic E-state index is 0. The van der Waals surface area contributed by atoms with E-state index in [-0.39, 0.29) is 29.1 Å². The second-order valence-electron chi connectivity index (χ2n) is 8.43. The Kier molecular flexibility index (Phi) is 7.22. The predicted molar refractivity (Wildman–Crippen MR) is 132 cm³/mol. The Balaban J connectivity index is 0.00000245. The molecule has 1 aromatic carbocycles. The minimum Gasteiger partial charge on any atom is -0.508 e. The summed E-state index contributed by atoms with van der Waals surface area (Å²) in [6.45, 7) is 0.764. The van der Waals surface area contributed by atoms with Crippen LogP contribution in [-0.2, 0) is 13.0 Å². The molecule has 2 heterocycles. The molecule has 3 unspecified atom stereocenters. The number of imidazole rings is 1. The molecule has 6 heteroatoms. The average molecular weight is 493 g/mol. The summed E-state index contributed by atoms with van der Waals surface area (Å²) < 4.78 is 0. The Morgan fingerprint density at radius 3 is 2.72 bits per heavy atom. The SMILES string of the molecule is Br.Oc1ccc(CN(C2CCCc3cccnc32)C(c2ncc[nH]2)C2C=CC=CC2)cc1. The van der Waals surface area contributed by atoms with E-state index >= 15 is 0 Å². The summed E-state index contributed by atoms with van der Waals surface area (Å²) in [6, 6.07) is 12.1. The number of aromatic nitrogens is 3. The van der Waals surface area contributed by atoms with Crippen LogP contribution >= 0.6 is 17.0 Å². The van der Waals surface area contributed by atoms with Crippen molar-refractivity contribution in [2.75, 3.05) is 0 Å². The summed E-state index contributed by atoms with van der Waals surface area (Å²) in [7, 11) is 0. The maximum atomic E-state index is 9.78. The number of H-pyrrole nitrogens is 1. The molecule has 166 valence electrons. The van der Waals surface area contributed by atoms with Gasteiger partial charge in [-0.05, 0) is 55.0 Å². The van der Waals surface area contributed by atoms with Crippen molar-refractivity contribution in [1.29, 1.82) is 0 Å². The summed E-state index contributed by atoms with van der Waals surface area (Å²) in [5.74, 6) is 1.61. The molecule has 0 aliphatic heterocycles. The number of benzene rings is 1. The molecule has 32 heavy (non-hydrogen) atoms. The lowest BCUT2D eigenvalue weighted by Crippen LogP contribution is -2.38. The highest BCUT2D eigenvalue weighted by atomic mass is 79.9. The number of rotatable bonds is 6. The van der Waals surface area contributed by atoms with E-state index in [4.69, 9.17) is 9.97 Å². The van der Waals surface area contributed by atoms with Gasteiger partial charge in [-0.15, -0.1) is 17.0 Å². The third kappa shape index (κ3) is 4.71. The molecule has 5 rings (SSSR count). The van der Waals surface area contributed by atoms with Crippen LogP contribution in [-0.4, -0.2) is 25.0 Å². The van der Waals surface area contributed by atoms with Crippen LogP contribution in [0, 0.1) is 5.92 Å². The van der Waals surface area contributed by atoms with Crippen LogP contribution in [0.2, 0.25) is 0 Å². The van der Waals surface area contributed by atoms with E-state index in [0.717, 1.165) is 38.1 Å². The molecular weight excluding hydrogens is 464 g/mol. The van der Waals surface area contributed by atoms with Crippen molar-refractivity contribution in [1.82, 2.24) is 19.9 Å². The summed E-state index contributed by atoms with van der Waals surface area (Å²) in [5.41, 5.74) is 3.72. The summed E-state index contributed by atoms with van der Waals surface area (Å²) in [4.78, 5) is 15.5. The summed E-state index contributed by atoms with van der Waals surface area (Å²) >= 11 is 0. The number of aromatic hydroxyl groups is 1. The van der Waals surface area contributed by atoms with Gasteiger partial charge in [0, 0.05) is 31.1 Å². The number of nitrogens with zero attached hydrogens (tertiary/aromatic N) is 3. The normalized spacial score (nSPS) is 20.5. The van der Waals surface area contributed by atoms with Gasteiger partial charge in [-0.25, -0.2) is 4.98 Å². The Morgan fingerprint density at radius 1 is 1.09 bits per heavy atom. The molecule has 0 radical (unpaired) electrons. The number of hydrogen-bond acceptors (Lipinski definition) is 4. The maximum absolute atomic E-state index is 9.78. The van der Waals surface area contributed by atoms with E-state index in [0.29, 0.717) is 11.7 Å². The first-order valence-electron chi connectivity index (χ1n) is 11.1. The van der Waals surface area contributed by atoms with Gasteiger partial charge < -0.3 is 10.1 Å². The smallest absolute Gasteiger partial charge is 0.124 e. The third-order valence-electron chi connectivity index (χ3n) is 6.44. The van der Waals surface area contributed by atoms with E-state index in [1.165, 1.54) is 16.8 Å². The summed E-state index contributed by atoms with van der Waals surface area (Å²) in [5, 5.41) is 9.78. The fourth-order valence-electron chi connectivity index (χ4n) is 5.00. The Hall–Kier alpha value is -2.70. The number of phenols is 1. The zero-order chi connectivity index (χ0) is 21.0. The van der Waals surface area contributed by atoms with Gasteiger partial charge in [0.2, 0.25) is 0 Å². The van der Waals surface area contributed by atoms with E-state index in [1.54, 1.807) is 12.1 Å². The molecule has 3 atom stereocenters. The zero-order valence-electron chi connectivity index (χ0n) is 18.0. The van der Waals surface area contributed by atoms with Gasteiger partial charge in [0.25, 0.3) is 0 Å². The predicted octanol–water partition coefficient (Wildman–Crippen LogP) is 5.84. The van der Waals surface area contributed by atoms with Crippen LogP contribution in [0.25, 0.3) is 0 Å². The van der Waals surface area contributed by atoms with Gasteiger partial charge in [-0.2, -0.15) is 0 Å². The molecule has 0 saturated heterocycles. The van der Waals surface area contributed by atoms with Crippen LogP contribution < -0.4 is 0 Å². The monoisotopic (exact) mass is 492 g/mol. The lowest BCUT2D eigenvalue weighted by atomic mass is 9.85. The van der Waals surface area contributed by atoms with E-state index in [2.05, 4.69) is 40.3 Å². The first kappa shape index (κ1) is 22.5. The number of phenolic OH excluding ortho intramolecular Hbond substituents is 1. The van der Waals surface area contributed by atoms with Crippen molar-refractivity contribution in [2.45, 2.75) is 44.3 Å². The molecule has 2 N–H and O–H groups in total. The fraction of sp³-hybridized carbons (Fsp3) is 0.308. The molecule has 2 aliphatic rings. The van der Waals surface area contributed by atoms with Crippen LogP contribution in [0.3, 0.4) is 0 Å².